The molecule has 1 aromatic rings. The van der Waals surface area contributed by atoms with Crippen molar-refractivity contribution in [1.29, 1.82) is 0 Å². The van der Waals surface area contributed by atoms with E-state index in [2.05, 4.69) is 10.6 Å². The molecular formula is C15H19N3O4. The second-order valence-corrected chi connectivity index (χ2v) is 5.14. The number of para-hydroxylation sites is 1. The van der Waals surface area contributed by atoms with E-state index in [1.165, 1.54) is 7.11 Å². The standard InChI is InChI=1S/C15H19N3O4/c1-22-12-5-3-2-4-9(12)8-11(14(16)20)18-15(21)10-6-7-13(19)17-10/h2-5,10-11H,6-8H2,1H3,(H2,16,20)(H,17,19)(H,18,21)/t10-,11-/m0/s1. The topological polar surface area (TPSA) is 111 Å². The molecule has 2 atom stereocenters. The number of primary amides is 1. The van der Waals surface area contributed by atoms with Crippen molar-refractivity contribution in [1.82, 2.24) is 10.6 Å². The number of carbonyl (C=O) groups excluding carboxylic acids is 3. The average Bonchev–Trinajstić information content (AvgIpc) is 2.93. The first-order chi connectivity index (χ1) is 10.5. The Hall–Kier alpha value is -2.57. The number of benzene rings is 1. The Kier molecular flexibility index (Phi) is 4.98. The SMILES string of the molecule is COc1ccccc1C[C@H](NC(=O)[C@@H]1CCC(=O)N1)C(N)=O. The summed E-state index contributed by atoms with van der Waals surface area (Å²) in [5.41, 5.74) is 6.14. The zero-order valence-electron chi connectivity index (χ0n) is 12.3. The highest BCUT2D eigenvalue weighted by molar-refractivity contribution is 5.93. The van der Waals surface area contributed by atoms with Gasteiger partial charge in [0.05, 0.1) is 7.11 Å². The van der Waals surface area contributed by atoms with Crippen LogP contribution < -0.4 is 21.1 Å². The van der Waals surface area contributed by atoms with Crippen LogP contribution in [0.2, 0.25) is 0 Å². The summed E-state index contributed by atoms with van der Waals surface area (Å²) in [6.07, 6.45) is 0.961. The first-order valence-corrected chi connectivity index (χ1v) is 7.02. The molecule has 7 nitrogen and oxygen atoms in total. The lowest BCUT2D eigenvalue weighted by Crippen LogP contribution is -2.51. The molecule has 22 heavy (non-hydrogen) atoms. The van der Waals surface area contributed by atoms with E-state index in [0.29, 0.717) is 18.6 Å². The van der Waals surface area contributed by atoms with Gasteiger partial charge in [-0.2, -0.15) is 0 Å². The van der Waals surface area contributed by atoms with Gasteiger partial charge in [-0.3, -0.25) is 14.4 Å². The maximum absolute atomic E-state index is 12.1. The number of methoxy groups -OCH3 is 1. The van der Waals surface area contributed by atoms with Crippen LogP contribution in [0, 0.1) is 0 Å². The molecule has 118 valence electrons. The molecule has 1 aromatic carbocycles. The summed E-state index contributed by atoms with van der Waals surface area (Å²) < 4.78 is 5.22. The zero-order chi connectivity index (χ0) is 16.1. The van der Waals surface area contributed by atoms with Crippen molar-refractivity contribution < 1.29 is 19.1 Å². The third-order valence-electron chi connectivity index (χ3n) is 3.59. The van der Waals surface area contributed by atoms with Crippen LogP contribution in [0.1, 0.15) is 18.4 Å². The normalized spacial score (nSPS) is 18.4. The molecule has 1 saturated heterocycles. The molecule has 1 fully saturated rings. The van der Waals surface area contributed by atoms with Gasteiger partial charge in [0.1, 0.15) is 17.8 Å². The molecule has 1 heterocycles. The summed E-state index contributed by atoms with van der Waals surface area (Å²) >= 11 is 0. The molecule has 7 heteroatoms. The molecule has 2 rings (SSSR count). The second kappa shape index (κ2) is 6.93. The fourth-order valence-electron chi connectivity index (χ4n) is 2.40. The largest absolute Gasteiger partial charge is 0.496 e. The van der Waals surface area contributed by atoms with Crippen LogP contribution in [0.5, 0.6) is 5.75 Å². The lowest BCUT2D eigenvalue weighted by Gasteiger charge is -2.19. The van der Waals surface area contributed by atoms with E-state index in [4.69, 9.17) is 10.5 Å². The molecule has 0 radical (unpaired) electrons. The van der Waals surface area contributed by atoms with Crippen LogP contribution >= 0.6 is 0 Å². The van der Waals surface area contributed by atoms with Gasteiger partial charge in [0.15, 0.2) is 0 Å². The predicted octanol–water partition coefficient (Wildman–Crippen LogP) is -0.514. The van der Waals surface area contributed by atoms with Gasteiger partial charge in [0, 0.05) is 12.8 Å². The van der Waals surface area contributed by atoms with Gasteiger partial charge in [-0.1, -0.05) is 18.2 Å². The minimum Gasteiger partial charge on any atom is -0.496 e. The Labute approximate surface area is 128 Å². The van der Waals surface area contributed by atoms with Crippen molar-refractivity contribution in [2.75, 3.05) is 7.11 Å². The Morgan fingerprint density at radius 2 is 2.18 bits per heavy atom. The fourth-order valence-corrected chi connectivity index (χ4v) is 2.40. The number of ether oxygens (including phenoxy) is 1. The summed E-state index contributed by atoms with van der Waals surface area (Å²) in [6, 6.07) is 5.74. The number of carbonyl (C=O) groups is 3. The van der Waals surface area contributed by atoms with Crippen LogP contribution in [-0.4, -0.2) is 36.9 Å². The van der Waals surface area contributed by atoms with Crippen molar-refractivity contribution in [2.45, 2.75) is 31.3 Å². The van der Waals surface area contributed by atoms with E-state index in [-0.39, 0.29) is 12.3 Å². The molecule has 0 bridgehead atoms. The minimum atomic E-state index is -0.860. The van der Waals surface area contributed by atoms with Crippen LogP contribution in [0.25, 0.3) is 0 Å². The van der Waals surface area contributed by atoms with Crippen molar-refractivity contribution in [3.05, 3.63) is 29.8 Å². The number of nitrogens with one attached hydrogen (secondary N) is 2. The van der Waals surface area contributed by atoms with Crippen LogP contribution in [0.4, 0.5) is 0 Å². The minimum absolute atomic E-state index is 0.166. The Morgan fingerprint density at radius 3 is 2.77 bits per heavy atom. The van der Waals surface area contributed by atoms with Crippen molar-refractivity contribution >= 4 is 17.7 Å². The molecule has 1 aliphatic heterocycles. The molecule has 0 saturated carbocycles. The highest BCUT2D eigenvalue weighted by Gasteiger charge is 2.30. The van der Waals surface area contributed by atoms with Crippen molar-refractivity contribution in [2.24, 2.45) is 5.73 Å². The van der Waals surface area contributed by atoms with Gasteiger partial charge in [0.25, 0.3) is 0 Å². The molecule has 0 aliphatic carbocycles. The first kappa shape index (κ1) is 15.8. The molecule has 0 unspecified atom stereocenters. The zero-order valence-corrected chi connectivity index (χ0v) is 12.3. The van der Waals surface area contributed by atoms with Gasteiger partial charge in [-0.15, -0.1) is 0 Å². The number of rotatable bonds is 6. The third kappa shape index (κ3) is 3.75. The highest BCUT2D eigenvalue weighted by atomic mass is 16.5. The lowest BCUT2D eigenvalue weighted by atomic mass is 10.0. The molecule has 3 amide bonds. The number of amides is 3. The lowest BCUT2D eigenvalue weighted by molar-refractivity contribution is -0.129. The summed E-state index contributed by atoms with van der Waals surface area (Å²) in [4.78, 5) is 34.8. The summed E-state index contributed by atoms with van der Waals surface area (Å²) in [5, 5.41) is 5.15. The van der Waals surface area contributed by atoms with Gasteiger partial charge in [-0.25, -0.2) is 0 Å². The number of hydrogen-bond donors (Lipinski definition) is 3. The summed E-state index contributed by atoms with van der Waals surface area (Å²) in [7, 11) is 1.53. The first-order valence-electron chi connectivity index (χ1n) is 7.02. The maximum Gasteiger partial charge on any atom is 0.243 e. The number of nitrogens with two attached hydrogens (primary N) is 1. The highest BCUT2D eigenvalue weighted by Crippen LogP contribution is 2.19. The number of hydrogen-bond acceptors (Lipinski definition) is 4. The van der Waals surface area contributed by atoms with Crippen LogP contribution in [0.15, 0.2) is 24.3 Å². The average molecular weight is 305 g/mol. The Balaban J connectivity index is 2.05. The second-order valence-electron chi connectivity index (χ2n) is 5.14. The van der Waals surface area contributed by atoms with E-state index >= 15 is 0 Å². The summed E-state index contributed by atoms with van der Waals surface area (Å²) in [6.45, 7) is 0. The molecule has 0 spiro atoms. The van der Waals surface area contributed by atoms with E-state index in [1.54, 1.807) is 12.1 Å². The Bertz CT molecular complexity index is 588. The van der Waals surface area contributed by atoms with E-state index in [9.17, 15) is 14.4 Å². The van der Waals surface area contributed by atoms with Gasteiger partial charge in [-0.05, 0) is 18.1 Å². The molecule has 1 aliphatic rings. The van der Waals surface area contributed by atoms with Crippen LogP contribution in [-0.2, 0) is 20.8 Å². The van der Waals surface area contributed by atoms with Gasteiger partial charge >= 0.3 is 0 Å². The molecule has 4 N–H and O–H groups in total. The van der Waals surface area contributed by atoms with E-state index < -0.39 is 23.9 Å². The van der Waals surface area contributed by atoms with Crippen molar-refractivity contribution in [3.8, 4) is 5.75 Å². The van der Waals surface area contributed by atoms with Crippen molar-refractivity contribution in [3.63, 3.8) is 0 Å². The molecule has 0 aromatic heterocycles. The summed E-state index contributed by atoms with van der Waals surface area (Å²) in [5.74, 6) is -0.578. The fraction of sp³-hybridized carbons (Fsp3) is 0.400. The van der Waals surface area contributed by atoms with E-state index in [0.717, 1.165) is 5.56 Å². The quantitative estimate of drug-likeness (QED) is 0.657. The Morgan fingerprint density at radius 1 is 1.45 bits per heavy atom. The van der Waals surface area contributed by atoms with E-state index in [1.807, 2.05) is 12.1 Å². The monoisotopic (exact) mass is 305 g/mol. The van der Waals surface area contributed by atoms with Gasteiger partial charge in [0.2, 0.25) is 17.7 Å². The smallest absolute Gasteiger partial charge is 0.243 e. The third-order valence-corrected chi connectivity index (χ3v) is 3.59. The maximum atomic E-state index is 12.1. The molecular weight excluding hydrogens is 286 g/mol. The van der Waals surface area contributed by atoms with Crippen LogP contribution in [0.3, 0.4) is 0 Å². The van der Waals surface area contributed by atoms with Gasteiger partial charge < -0.3 is 21.1 Å². The predicted molar refractivity (Wildman–Crippen MR) is 79.0 cm³/mol.